The van der Waals surface area contributed by atoms with E-state index in [1.54, 1.807) is 12.2 Å². The van der Waals surface area contributed by atoms with Crippen LogP contribution in [0.4, 0.5) is 0 Å². The van der Waals surface area contributed by atoms with Gasteiger partial charge >= 0.3 is 0 Å². The summed E-state index contributed by atoms with van der Waals surface area (Å²) in [6.07, 6.45) is 5.02. The van der Waals surface area contributed by atoms with Gasteiger partial charge in [0, 0.05) is 49.1 Å². The van der Waals surface area contributed by atoms with Crippen LogP contribution in [-0.4, -0.2) is 52.1 Å². The number of aromatic nitrogens is 2. The fourth-order valence-electron chi connectivity index (χ4n) is 4.59. The van der Waals surface area contributed by atoms with Crippen LogP contribution in [0.25, 0.3) is 17.5 Å². The Kier molecular flexibility index (Phi) is 8.71. The van der Waals surface area contributed by atoms with Gasteiger partial charge in [-0.05, 0) is 54.6 Å². The third-order valence-electron chi connectivity index (χ3n) is 6.61. The van der Waals surface area contributed by atoms with E-state index in [4.69, 9.17) is 20.8 Å². The molecule has 0 unspecified atom stereocenters. The average molecular weight is 543 g/mol. The van der Waals surface area contributed by atoms with E-state index >= 15 is 0 Å². The lowest BCUT2D eigenvalue weighted by Gasteiger charge is -2.31. The van der Waals surface area contributed by atoms with E-state index in [0.717, 1.165) is 35.3 Å². The summed E-state index contributed by atoms with van der Waals surface area (Å²) in [6.45, 7) is 2.58. The minimum absolute atomic E-state index is 0.00413. The Morgan fingerprint density at radius 2 is 1.79 bits per heavy atom. The first kappa shape index (κ1) is 26.7. The maximum Gasteiger partial charge on any atom is 0.247 e. The fraction of sp³-hybridized carbons (Fsp3) is 0.258. The van der Waals surface area contributed by atoms with Crippen LogP contribution < -0.4 is 4.74 Å². The number of hydrogen-bond donors (Lipinski definition) is 0. The van der Waals surface area contributed by atoms with E-state index in [0.29, 0.717) is 43.0 Å². The minimum atomic E-state index is -0.00413. The number of likely N-dealkylation sites (tertiary alicyclic amines) is 1. The fourth-order valence-corrected chi connectivity index (χ4v) is 4.79. The van der Waals surface area contributed by atoms with Crippen LogP contribution in [0.3, 0.4) is 0 Å². The maximum atomic E-state index is 12.6. The number of ether oxygens (including phenoxy) is 1. The number of piperidine rings is 1. The van der Waals surface area contributed by atoms with Gasteiger partial charge in [-0.15, -0.1) is 10.2 Å². The number of amides is 1. The van der Waals surface area contributed by atoms with Crippen molar-refractivity contribution in [3.05, 3.63) is 107 Å². The van der Waals surface area contributed by atoms with Gasteiger partial charge in [0.25, 0.3) is 0 Å². The van der Waals surface area contributed by atoms with Crippen molar-refractivity contribution in [3.8, 4) is 17.2 Å². The molecule has 1 aliphatic rings. The molecule has 8 heteroatoms. The molecule has 39 heavy (non-hydrogen) atoms. The van der Waals surface area contributed by atoms with Crippen molar-refractivity contribution in [2.75, 3.05) is 20.1 Å². The molecule has 4 aromatic rings. The molecule has 1 saturated heterocycles. The Labute approximate surface area is 233 Å². The van der Waals surface area contributed by atoms with Crippen LogP contribution in [0.2, 0.25) is 5.02 Å². The molecule has 5 rings (SSSR count). The first-order valence-corrected chi connectivity index (χ1v) is 13.4. The van der Waals surface area contributed by atoms with Gasteiger partial charge in [-0.2, -0.15) is 0 Å². The number of hydrogen-bond acceptors (Lipinski definition) is 6. The third kappa shape index (κ3) is 7.34. The molecule has 0 bridgehead atoms. The van der Waals surface area contributed by atoms with Crippen LogP contribution in [0.1, 0.15) is 29.9 Å². The van der Waals surface area contributed by atoms with Gasteiger partial charge in [0.15, 0.2) is 0 Å². The molecule has 0 aliphatic carbocycles. The lowest BCUT2D eigenvalue weighted by atomic mass is 10.1. The van der Waals surface area contributed by atoms with Crippen LogP contribution in [0.15, 0.2) is 89.4 Å². The largest absolute Gasteiger partial charge is 0.490 e. The predicted octanol–water partition coefficient (Wildman–Crippen LogP) is 6.11. The Morgan fingerprint density at radius 1 is 1.03 bits per heavy atom. The molecule has 7 nitrogen and oxygen atoms in total. The maximum absolute atomic E-state index is 12.6. The normalized spacial score (nSPS) is 14.3. The van der Waals surface area contributed by atoms with E-state index in [2.05, 4.69) is 27.2 Å². The second-order valence-corrected chi connectivity index (χ2v) is 10.1. The molecule has 3 aromatic carbocycles. The van der Waals surface area contributed by atoms with Crippen LogP contribution >= 0.6 is 11.6 Å². The van der Waals surface area contributed by atoms with Crippen LogP contribution in [0.5, 0.6) is 5.75 Å². The Balaban J connectivity index is 1.09. The van der Waals surface area contributed by atoms with Crippen molar-refractivity contribution < 1.29 is 13.9 Å². The van der Waals surface area contributed by atoms with Crippen molar-refractivity contribution >= 4 is 23.6 Å². The Hall–Kier alpha value is -3.94. The van der Waals surface area contributed by atoms with E-state index < -0.39 is 0 Å². The summed E-state index contributed by atoms with van der Waals surface area (Å²) in [4.78, 5) is 16.6. The molecule has 0 spiro atoms. The summed E-state index contributed by atoms with van der Waals surface area (Å²) < 4.78 is 12.1. The summed E-state index contributed by atoms with van der Waals surface area (Å²) in [6, 6.07) is 25.4. The van der Waals surface area contributed by atoms with Crippen molar-refractivity contribution in [1.29, 1.82) is 0 Å². The molecule has 200 valence electrons. The van der Waals surface area contributed by atoms with Crippen LogP contribution in [-0.2, 0) is 17.9 Å². The van der Waals surface area contributed by atoms with Gasteiger partial charge in [0.05, 0.1) is 6.54 Å². The first-order chi connectivity index (χ1) is 19.0. The zero-order chi connectivity index (χ0) is 27.0. The highest BCUT2D eigenvalue weighted by Gasteiger charge is 2.23. The number of nitrogens with zero attached hydrogens (tertiary/aromatic N) is 4. The van der Waals surface area contributed by atoms with Gasteiger partial charge in [-0.1, -0.05) is 60.1 Å². The summed E-state index contributed by atoms with van der Waals surface area (Å²) in [5.74, 6) is 1.94. The highest BCUT2D eigenvalue weighted by atomic mass is 35.5. The molecule has 1 aliphatic heterocycles. The zero-order valence-electron chi connectivity index (χ0n) is 21.9. The van der Waals surface area contributed by atoms with E-state index in [1.807, 2.05) is 78.7 Å². The molecule has 0 N–H and O–H groups in total. The molecular formula is C31H31ClN4O3. The minimum Gasteiger partial charge on any atom is -0.490 e. The highest BCUT2D eigenvalue weighted by Crippen LogP contribution is 2.23. The van der Waals surface area contributed by atoms with Gasteiger partial charge < -0.3 is 14.1 Å². The molecule has 0 radical (unpaired) electrons. The number of halogens is 1. The monoisotopic (exact) mass is 542 g/mol. The zero-order valence-corrected chi connectivity index (χ0v) is 22.6. The van der Waals surface area contributed by atoms with E-state index in [9.17, 15) is 4.79 Å². The summed E-state index contributed by atoms with van der Waals surface area (Å²) >= 11 is 6.18. The van der Waals surface area contributed by atoms with E-state index in [-0.39, 0.29) is 12.0 Å². The summed E-state index contributed by atoms with van der Waals surface area (Å²) in [7, 11) is 2.02. The molecule has 1 aromatic heterocycles. The summed E-state index contributed by atoms with van der Waals surface area (Å²) in [5, 5.41) is 9.00. The third-order valence-corrected chi connectivity index (χ3v) is 6.96. The predicted molar refractivity (Wildman–Crippen MR) is 152 cm³/mol. The first-order valence-electron chi connectivity index (χ1n) is 13.1. The van der Waals surface area contributed by atoms with Gasteiger partial charge in [-0.3, -0.25) is 9.69 Å². The van der Waals surface area contributed by atoms with Gasteiger partial charge in [-0.25, -0.2) is 0 Å². The van der Waals surface area contributed by atoms with Gasteiger partial charge in [0.2, 0.25) is 17.7 Å². The van der Waals surface area contributed by atoms with Crippen molar-refractivity contribution in [2.45, 2.75) is 32.0 Å². The molecule has 0 atom stereocenters. The number of carbonyl (C=O) groups excluding carboxylic acids is 1. The second-order valence-electron chi connectivity index (χ2n) is 9.68. The molecule has 0 saturated carbocycles. The number of benzene rings is 3. The highest BCUT2D eigenvalue weighted by molar-refractivity contribution is 6.32. The van der Waals surface area contributed by atoms with E-state index in [1.165, 1.54) is 0 Å². The lowest BCUT2D eigenvalue weighted by molar-refractivity contribution is -0.127. The molecule has 1 amide bonds. The SMILES string of the molecule is CN(Cc1cccc(OC2CCN(C(=O)C=Cc3ccccc3Cl)CC2)c1)Cc1nnc(-c2ccccc2)o1. The topological polar surface area (TPSA) is 71.7 Å². The van der Waals surface area contributed by atoms with Crippen molar-refractivity contribution in [3.63, 3.8) is 0 Å². The Bertz CT molecular complexity index is 1410. The van der Waals surface area contributed by atoms with Crippen LogP contribution in [0, 0.1) is 0 Å². The average Bonchev–Trinajstić information content (AvgIpc) is 3.42. The molecular weight excluding hydrogens is 512 g/mol. The number of carbonyl (C=O) groups is 1. The molecule has 2 heterocycles. The van der Waals surface area contributed by atoms with Crippen molar-refractivity contribution in [2.24, 2.45) is 0 Å². The van der Waals surface area contributed by atoms with Gasteiger partial charge in [0.1, 0.15) is 11.9 Å². The second kappa shape index (κ2) is 12.7. The summed E-state index contributed by atoms with van der Waals surface area (Å²) in [5.41, 5.74) is 2.88. The standard InChI is InChI=1S/C31H31ClN4O3/c1-35(22-29-33-34-31(39-29)25-10-3-2-4-11-25)21-23-8-7-12-27(20-23)38-26-16-18-36(19-17-26)30(37)15-14-24-9-5-6-13-28(24)32/h2-15,20,26H,16-19,21-22H2,1H3. The lowest BCUT2D eigenvalue weighted by Crippen LogP contribution is -2.41. The Morgan fingerprint density at radius 3 is 2.59 bits per heavy atom. The van der Waals surface area contributed by atoms with Crippen molar-refractivity contribution in [1.82, 2.24) is 20.0 Å². The smallest absolute Gasteiger partial charge is 0.247 e. The molecule has 1 fully saturated rings. The number of rotatable bonds is 9. The quantitative estimate of drug-likeness (QED) is 0.238.